The van der Waals surface area contributed by atoms with Crippen molar-refractivity contribution in [2.24, 2.45) is 0 Å². The van der Waals surface area contributed by atoms with Crippen LogP contribution in [0, 0.1) is 0 Å². The van der Waals surface area contributed by atoms with Crippen LogP contribution in [0.2, 0.25) is 0 Å². The molecule has 4 rings (SSSR count). The van der Waals surface area contributed by atoms with Crippen molar-refractivity contribution in [1.29, 1.82) is 0 Å². The molecule has 0 saturated carbocycles. The van der Waals surface area contributed by atoms with Crippen molar-refractivity contribution >= 4 is 5.69 Å². The number of anilines is 1. The van der Waals surface area contributed by atoms with Gasteiger partial charge in [0.15, 0.2) is 0 Å². The molecule has 0 spiro atoms. The summed E-state index contributed by atoms with van der Waals surface area (Å²) in [6.45, 7) is 12.0. The Morgan fingerprint density at radius 2 is 1.56 bits per heavy atom. The van der Waals surface area contributed by atoms with Crippen molar-refractivity contribution < 1.29 is 5.11 Å². The van der Waals surface area contributed by atoms with E-state index >= 15 is 0 Å². The lowest BCUT2D eigenvalue weighted by Gasteiger charge is -2.31. The fraction of sp³-hybridized carbons (Fsp3) is 0.419. The molecule has 0 bridgehead atoms. The first kappa shape index (κ1) is 24.3. The van der Waals surface area contributed by atoms with Gasteiger partial charge in [-0.1, -0.05) is 62.4 Å². The SMILES string of the molecule is CCN(CC)CCc1ccc(CN(CC)c2ccccc2[C@@H]2CCc3cc(O)ccc3C2)cc1. The monoisotopic (exact) mass is 456 g/mol. The smallest absolute Gasteiger partial charge is 0.115 e. The lowest BCUT2D eigenvalue weighted by molar-refractivity contribution is 0.308. The summed E-state index contributed by atoms with van der Waals surface area (Å²) in [5, 5.41) is 9.85. The predicted molar refractivity (Wildman–Crippen MR) is 144 cm³/mol. The van der Waals surface area contributed by atoms with Gasteiger partial charge in [-0.2, -0.15) is 0 Å². The van der Waals surface area contributed by atoms with Gasteiger partial charge in [-0.05, 0) is 97.6 Å². The average Bonchev–Trinajstić information content (AvgIpc) is 2.88. The maximum Gasteiger partial charge on any atom is 0.115 e. The van der Waals surface area contributed by atoms with Crippen LogP contribution in [0.15, 0.2) is 66.7 Å². The number of phenols is 1. The molecule has 3 nitrogen and oxygen atoms in total. The first-order chi connectivity index (χ1) is 16.6. The van der Waals surface area contributed by atoms with Gasteiger partial charge in [0.25, 0.3) is 0 Å². The molecule has 1 aliphatic rings. The first-order valence-corrected chi connectivity index (χ1v) is 13.1. The van der Waals surface area contributed by atoms with E-state index in [0.29, 0.717) is 11.7 Å². The second-order valence-electron chi connectivity index (χ2n) is 9.56. The maximum atomic E-state index is 9.85. The third-order valence-corrected chi connectivity index (χ3v) is 7.52. The number of aryl methyl sites for hydroxylation is 1. The number of nitrogens with zero attached hydrogens (tertiary/aromatic N) is 2. The molecule has 0 radical (unpaired) electrons. The fourth-order valence-corrected chi connectivity index (χ4v) is 5.35. The Kier molecular flexibility index (Phi) is 8.29. The molecule has 0 amide bonds. The number of likely N-dealkylation sites (N-methyl/N-ethyl adjacent to an activating group) is 1. The van der Waals surface area contributed by atoms with Gasteiger partial charge in [-0.15, -0.1) is 0 Å². The molecule has 0 saturated heterocycles. The zero-order valence-electron chi connectivity index (χ0n) is 21.1. The summed E-state index contributed by atoms with van der Waals surface area (Å²) >= 11 is 0. The average molecular weight is 457 g/mol. The van der Waals surface area contributed by atoms with Crippen molar-refractivity contribution in [3.8, 4) is 5.75 Å². The van der Waals surface area contributed by atoms with Crippen LogP contribution in [-0.2, 0) is 25.8 Å². The molecule has 0 heterocycles. The van der Waals surface area contributed by atoms with Crippen molar-refractivity contribution in [3.63, 3.8) is 0 Å². The highest BCUT2D eigenvalue weighted by atomic mass is 16.3. The number of rotatable bonds is 10. The van der Waals surface area contributed by atoms with Crippen LogP contribution < -0.4 is 4.90 Å². The summed E-state index contributed by atoms with van der Waals surface area (Å²) in [5.74, 6) is 0.901. The Morgan fingerprint density at radius 3 is 2.29 bits per heavy atom. The molecule has 0 fully saturated rings. The Balaban J connectivity index is 1.47. The Bertz CT molecular complexity index is 1060. The quantitative estimate of drug-likeness (QED) is 0.373. The summed E-state index contributed by atoms with van der Waals surface area (Å²) in [6, 6.07) is 24.1. The molecule has 0 unspecified atom stereocenters. The summed E-state index contributed by atoms with van der Waals surface area (Å²) in [5.41, 5.74) is 8.30. The molecule has 3 heteroatoms. The molecule has 34 heavy (non-hydrogen) atoms. The minimum absolute atomic E-state index is 0.383. The molecule has 3 aromatic rings. The zero-order valence-corrected chi connectivity index (χ0v) is 21.1. The normalized spacial score (nSPS) is 15.4. The van der Waals surface area contributed by atoms with E-state index in [9.17, 15) is 5.11 Å². The number of hydrogen-bond donors (Lipinski definition) is 1. The van der Waals surface area contributed by atoms with E-state index in [-0.39, 0.29) is 0 Å². The van der Waals surface area contributed by atoms with Gasteiger partial charge in [0.1, 0.15) is 5.75 Å². The molecular formula is C31H40N2O. The van der Waals surface area contributed by atoms with Crippen LogP contribution in [0.3, 0.4) is 0 Å². The zero-order chi connectivity index (χ0) is 23.9. The summed E-state index contributed by atoms with van der Waals surface area (Å²) in [4.78, 5) is 5.00. The maximum absolute atomic E-state index is 9.85. The highest BCUT2D eigenvalue weighted by molar-refractivity contribution is 5.56. The van der Waals surface area contributed by atoms with E-state index in [4.69, 9.17) is 0 Å². The van der Waals surface area contributed by atoms with E-state index in [0.717, 1.165) is 58.4 Å². The largest absolute Gasteiger partial charge is 0.508 e. The van der Waals surface area contributed by atoms with Gasteiger partial charge in [-0.25, -0.2) is 0 Å². The Labute approximate surface area is 206 Å². The number of hydrogen-bond acceptors (Lipinski definition) is 3. The van der Waals surface area contributed by atoms with Gasteiger partial charge in [0, 0.05) is 25.3 Å². The van der Waals surface area contributed by atoms with Crippen molar-refractivity contribution in [2.45, 2.75) is 58.9 Å². The lowest BCUT2D eigenvalue weighted by atomic mass is 9.79. The van der Waals surface area contributed by atoms with Crippen LogP contribution in [0.1, 0.15) is 60.9 Å². The summed E-state index contributed by atoms with van der Waals surface area (Å²) in [6.07, 6.45) is 4.32. The molecule has 1 aliphatic carbocycles. The van der Waals surface area contributed by atoms with E-state index in [1.54, 1.807) is 0 Å². The molecule has 0 aromatic heterocycles. The van der Waals surface area contributed by atoms with Gasteiger partial charge >= 0.3 is 0 Å². The molecule has 1 atom stereocenters. The van der Waals surface area contributed by atoms with Crippen LogP contribution in [-0.4, -0.2) is 36.2 Å². The van der Waals surface area contributed by atoms with Gasteiger partial charge < -0.3 is 14.9 Å². The molecule has 1 N–H and O–H groups in total. The summed E-state index contributed by atoms with van der Waals surface area (Å²) < 4.78 is 0. The van der Waals surface area contributed by atoms with Crippen molar-refractivity contribution in [1.82, 2.24) is 4.90 Å². The highest BCUT2D eigenvalue weighted by Gasteiger charge is 2.24. The van der Waals surface area contributed by atoms with E-state index in [1.807, 2.05) is 12.1 Å². The van der Waals surface area contributed by atoms with E-state index in [1.165, 1.54) is 33.5 Å². The number of benzene rings is 3. The number of para-hydroxylation sites is 1. The number of phenolic OH excluding ortho intramolecular Hbond substituents is 1. The number of aromatic hydroxyl groups is 1. The van der Waals surface area contributed by atoms with Crippen LogP contribution >= 0.6 is 0 Å². The van der Waals surface area contributed by atoms with Gasteiger partial charge in [-0.3, -0.25) is 0 Å². The molecule has 0 aliphatic heterocycles. The van der Waals surface area contributed by atoms with Gasteiger partial charge in [0.2, 0.25) is 0 Å². The Hall–Kier alpha value is -2.78. The third kappa shape index (κ3) is 5.82. The van der Waals surface area contributed by atoms with Crippen LogP contribution in [0.5, 0.6) is 5.75 Å². The molecule has 180 valence electrons. The second kappa shape index (κ2) is 11.6. The van der Waals surface area contributed by atoms with E-state index in [2.05, 4.69) is 85.2 Å². The highest BCUT2D eigenvalue weighted by Crippen LogP contribution is 2.38. The summed E-state index contributed by atoms with van der Waals surface area (Å²) in [7, 11) is 0. The topological polar surface area (TPSA) is 26.7 Å². The standard InChI is InChI=1S/C31H40N2O/c1-4-32(5-2)20-19-24-11-13-25(14-12-24)23-33(6-3)31-10-8-7-9-30(31)28-16-15-27-22-29(34)18-17-26(27)21-28/h7-14,17-18,22,28,34H,4-6,15-16,19-21,23H2,1-3H3/t28-/m1/s1. The molecular weight excluding hydrogens is 416 g/mol. The Morgan fingerprint density at radius 1 is 0.824 bits per heavy atom. The second-order valence-corrected chi connectivity index (χ2v) is 9.56. The van der Waals surface area contributed by atoms with Crippen LogP contribution in [0.4, 0.5) is 5.69 Å². The first-order valence-electron chi connectivity index (χ1n) is 13.1. The van der Waals surface area contributed by atoms with Crippen molar-refractivity contribution in [2.75, 3.05) is 31.1 Å². The fourth-order valence-electron chi connectivity index (χ4n) is 5.35. The van der Waals surface area contributed by atoms with Crippen molar-refractivity contribution in [3.05, 3.63) is 94.5 Å². The number of fused-ring (bicyclic) bond motifs is 1. The third-order valence-electron chi connectivity index (χ3n) is 7.52. The predicted octanol–water partition coefficient (Wildman–Crippen LogP) is 6.58. The molecule has 3 aromatic carbocycles. The minimum Gasteiger partial charge on any atom is -0.508 e. The van der Waals surface area contributed by atoms with E-state index < -0.39 is 0 Å². The van der Waals surface area contributed by atoms with Crippen LogP contribution in [0.25, 0.3) is 0 Å². The minimum atomic E-state index is 0.383. The van der Waals surface area contributed by atoms with Gasteiger partial charge in [0.05, 0.1) is 0 Å². The lowest BCUT2D eigenvalue weighted by Crippen LogP contribution is -2.25.